The van der Waals surface area contributed by atoms with E-state index in [2.05, 4.69) is 38.3 Å². The van der Waals surface area contributed by atoms with Gasteiger partial charge in [0.2, 0.25) is 5.91 Å². The number of hydrogen-bond acceptors (Lipinski definition) is 4. The number of aryl methyl sites for hydroxylation is 1. The van der Waals surface area contributed by atoms with Crippen LogP contribution in [0.3, 0.4) is 0 Å². The van der Waals surface area contributed by atoms with Gasteiger partial charge in [0.25, 0.3) is 0 Å². The topological polar surface area (TPSA) is 88.5 Å². The largest absolute Gasteiger partial charge is 0.497 e. The average molecular weight is 506 g/mol. The van der Waals surface area contributed by atoms with Gasteiger partial charge in [-0.1, -0.05) is 59.2 Å². The van der Waals surface area contributed by atoms with Crippen molar-refractivity contribution in [3.8, 4) is 11.4 Å². The van der Waals surface area contributed by atoms with E-state index in [0.29, 0.717) is 12.4 Å². The number of amides is 3. The van der Waals surface area contributed by atoms with Crippen LogP contribution in [-0.4, -0.2) is 46.8 Å². The summed E-state index contributed by atoms with van der Waals surface area (Å²) >= 11 is 0. The number of hydrogen-bond donors (Lipinski definition) is 2. The quantitative estimate of drug-likeness (QED) is 0.353. The SMILES string of the molecule is CCCCN(CC(=O)Nc1cc(C(C)(C)C)nn1-c1ccc(OC)cc1)C(=O)Nc1ccccc1CC. The molecule has 1 aromatic heterocycles. The molecular formula is C29H39N5O3. The fourth-order valence-corrected chi connectivity index (χ4v) is 3.86. The Kier molecular flexibility index (Phi) is 9.33. The number of nitrogens with one attached hydrogen (secondary N) is 2. The maximum atomic E-state index is 13.2. The van der Waals surface area contributed by atoms with Crippen molar-refractivity contribution >= 4 is 23.4 Å². The molecule has 0 atom stereocenters. The smallest absolute Gasteiger partial charge is 0.322 e. The summed E-state index contributed by atoms with van der Waals surface area (Å²) in [6.07, 6.45) is 2.52. The van der Waals surface area contributed by atoms with Gasteiger partial charge in [0.1, 0.15) is 18.1 Å². The molecule has 0 fully saturated rings. The molecule has 8 nitrogen and oxygen atoms in total. The van der Waals surface area contributed by atoms with E-state index in [9.17, 15) is 9.59 Å². The van der Waals surface area contributed by atoms with Crippen molar-refractivity contribution < 1.29 is 14.3 Å². The van der Waals surface area contributed by atoms with Crippen LogP contribution in [0.5, 0.6) is 5.75 Å². The van der Waals surface area contributed by atoms with E-state index in [0.717, 1.165) is 47.6 Å². The number of unbranched alkanes of at least 4 members (excludes halogenated alkanes) is 1. The van der Waals surface area contributed by atoms with Crippen LogP contribution in [0.1, 0.15) is 58.7 Å². The molecule has 1 heterocycles. The van der Waals surface area contributed by atoms with Crippen molar-refractivity contribution in [3.63, 3.8) is 0 Å². The summed E-state index contributed by atoms with van der Waals surface area (Å²) in [5.41, 5.74) is 3.24. The van der Waals surface area contributed by atoms with Crippen LogP contribution in [0.4, 0.5) is 16.3 Å². The molecule has 3 amide bonds. The highest BCUT2D eigenvalue weighted by Crippen LogP contribution is 2.27. The van der Waals surface area contributed by atoms with Crippen LogP contribution in [-0.2, 0) is 16.6 Å². The minimum Gasteiger partial charge on any atom is -0.497 e. The molecule has 0 saturated carbocycles. The highest BCUT2D eigenvalue weighted by atomic mass is 16.5. The summed E-state index contributed by atoms with van der Waals surface area (Å²) < 4.78 is 6.99. The third kappa shape index (κ3) is 7.35. The fourth-order valence-electron chi connectivity index (χ4n) is 3.86. The number of aromatic nitrogens is 2. The number of methoxy groups -OCH3 is 1. The van der Waals surface area contributed by atoms with Gasteiger partial charge in [0, 0.05) is 23.7 Å². The van der Waals surface area contributed by atoms with Crippen LogP contribution < -0.4 is 15.4 Å². The van der Waals surface area contributed by atoms with E-state index in [1.54, 1.807) is 16.7 Å². The highest BCUT2D eigenvalue weighted by Gasteiger charge is 2.23. The molecule has 3 aromatic rings. The second-order valence-electron chi connectivity index (χ2n) is 10.0. The lowest BCUT2D eigenvalue weighted by Gasteiger charge is -2.23. The van der Waals surface area contributed by atoms with E-state index >= 15 is 0 Å². The maximum Gasteiger partial charge on any atom is 0.322 e. The van der Waals surface area contributed by atoms with Gasteiger partial charge in [-0.05, 0) is 48.7 Å². The second kappa shape index (κ2) is 12.4. The van der Waals surface area contributed by atoms with Gasteiger partial charge in [0.15, 0.2) is 0 Å². The molecule has 0 radical (unpaired) electrons. The molecule has 3 rings (SSSR count). The number of nitrogens with zero attached hydrogens (tertiary/aromatic N) is 3. The van der Waals surface area contributed by atoms with Gasteiger partial charge < -0.3 is 20.3 Å². The summed E-state index contributed by atoms with van der Waals surface area (Å²) in [5, 5.41) is 10.7. The molecule has 8 heteroatoms. The molecule has 0 spiro atoms. The molecule has 0 bridgehead atoms. The molecule has 0 saturated heterocycles. The zero-order chi connectivity index (χ0) is 27.0. The Morgan fingerprint density at radius 1 is 1.03 bits per heavy atom. The monoisotopic (exact) mass is 505 g/mol. The number of carbonyl (C=O) groups is 2. The fraction of sp³-hybridized carbons (Fsp3) is 0.414. The van der Waals surface area contributed by atoms with Gasteiger partial charge >= 0.3 is 6.03 Å². The molecule has 2 aromatic carbocycles. The summed E-state index contributed by atoms with van der Waals surface area (Å²) in [6.45, 7) is 10.7. The van der Waals surface area contributed by atoms with Crippen molar-refractivity contribution in [3.05, 3.63) is 65.9 Å². The van der Waals surface area contributed by atoms with Gasteiger partial charge in [0.05, 0.1) is 18.5 Å². The summed E-state index contributed by atoms with van der Waals surface area (Å²) in [7, 11) is 1.62. The molecule has 0 aliphatic heterocycles. The lowest BCUT2D eigenvalue weighted by molar-refractivity contribution is -0.116. The van der Waals surface area contributed by atoms with Gasteiger partial charge in [-0.2, -0.15) is 5.10 Å². The summed E-state index contributed by atoms with van der Waals surface area (Å²) in [5.74, 6) is 0.997. The molecular weight excluding hydrogens is 466 g/mol. The standard InChI is InChI=1S/C29H39N5O3/c1-7-9-18-33(28(36)30-24-13-11-10-12-21(24)8-2)20-27(35)31-26-19-25(29(3,4)5)32-34(26)22-14-16-23(37-6)17-15-22/h10-17,19H,7-9,18,20H2,1-6H3,(H,30,36)(H,31,35). The lowest BCUT2D eigenvalue weighted by Crippen LogP contribution is -2.41. The van der Waals surface area contributed by atoms with E-state index < -0.39 is 0 Å². The van der Waals surface area contributed by atoms with Crippen LogP contribution in [0.2, 0.25) is 0 Å². The van der Waals surface area contributed by atoms with Crippen molar-refractivity contribution in [2.75, 3.05) is 30.8 Å². The third-order valence-corrected chi connectivity index (χ3v) is 6.11. The van der Waals surface area contributed by atoms with E-state index in [4.69, 9.17) is 9.84 Å². The van der Waals surface area contributed by atoms with E-state index in [-0.39, 0.29) is 23.9 Å². The first-order chi connectivity index (χ1) is 17.7. The number of ether oxygens (including phenoxy) is 1. The number of benzene rings is 2. The minimum atomic E-state index is -0.288. The molecule has 0 unspecified atom stereocenters. The molecule has 0 aliphatic rings. The van der Waals surface area contributed by atoms with Gasteiger partial charge in [-0.25, -0.2) is 9.48 Å². The Morgan fingerprint density at radius 3 is 2.35 bits per heavy atom. The first-order valence-electron chi connectivity index (χ1n) is 12.8. The van der Waals surface area contributed by atoms with E-state index in [1.807, 2.05) is 61.5 Å². The molecule has 0 aliphatic carbocycles. The van der Waals surface area contributed by atoms with E-state index in [1.165, 1.54) is 0 Å². The molecule has 37 heavy (non-hydrogen) atoms. The zero-order valence-electron chi connectivity index (χ0n) is 22.8. The Bertz CT molecular complexity index is 1190. The van der Waals surface area contributed by atoms with Crippen LogP contribution >= 0.6 is 0 Å². The lowest BCUT2D eigenvalue weighted by atomic mass is 9.92. The third-order valence-electron chi connectivity index (χ3n) is 6.11. The number of rotatable bonds is 10. The maximum absolute atomic E-state index is 13.2. The number of carbonyl (C=O) groups excluding carboxylic acids is 2. The van der Waals surface area contributed by atoms with Crippen molar-refractivity contribution in [2.24, 2.45) is 0 Å². The molecule has 2 N–H and O–H groups in total. The van der Waals surface area contributed by atoms with Crippen LogP contribution in [0.25, 0.3) is 5.69 Å². The average Bonchev–Trinajstić information content (AvgIpc) is 3.31. The predicted molar refractivity (Wildman–Crippen MR) is 149 cm³/mol. The van der Waals surface area contributed by atoms with Crippen LogP contribution in [0.15, 0.2) is 54.6 Å². The number of para-hydroxylation sites is 1. The minimum absolute atomic E-state index is 0.0707. The van der Waals surface area contributed by atoms with Crippen molar-refractivity contribution in [1.82, 2.24) is 14.7 Å². The number of anilines is 2. The first kappa shape index (κ1) is 27.8. The first-order valence-corrected chi connectivity index (χ1v) is 12.8. The summed E-state index contributed by atoms with van der Waals surface area (Å²) in [4.78, 5) is 27.9. The Balaban J connectivity index is 1.82. The van der Waals surface area contributed by atoms with Gasteiger partial charge in [-0.15, -0.1) is 0 Å². The van der Waals surface area contributed by atoms with Crippen molar-refractivity contribution in [2.45, 2.75) is 59.3 Å². The van der Waals surface area contributed by atoms with Crippen molar-refractivity contribution in [1.29, 1.82) is 0 Å². The Morgan fingerprint density at radius 2 is 1.73 bits per heavy atom. The molecule has 198 valence electrons. The number of urea groups is 1. The highest BCUT2D eigenvalue weighted by molar-refractivity contribution is 5.97. The Labute approximate surface area is 220 Å². The predicted octanol–water partition coefficient (Wildman–Crippen LogP) is 6.01. The zero-order valence-corrected chi connectivity index (χ0v) is 22.8. The second-order valence-corrected chi connectivity index (χ2v) is 10.0. The Hall–Kier alpha value is -3.81. The van der Waals surface area contributed by atoms with Gasteiger partial charge in [-0.3, -0.25) is 4.79 Å². The summed E-state index contributed by atoms with van der Waals surface area (Å²) in [6, 6.07) is 16.8. The van der Waals surface area contributed by atoms with Crippen LogP contribution in [0, 0.1) is 0 Å². The normalized spacial score (nSPS) is 11.2.